The summed E-state index contributed by atoms with van der Waals surface area (Å²) >= 11 is 0. The highest BCUT2D eigenvalue weighted by Gasteiger charge is 2.32. The fourth-order valence-electron chi connectivity index (χ4n) is 3.57. The molecule has 0 aliphatic carbocycles. The lowest BCUT2D eigenvalue weighted by molar-refractivity contribution is 0.0726. The number of rotatable bonds is 3. The first kappa shape index (κ1) is 14.8. The van der Waals surface area contributed by atoms with Crippen LogP contribution in [0.4, 0.5) is 0 Å². The second-order valence-electron chi connectivity index (χ2n) is 6.22. The summed E-state index contributed by atoms with van der Waals surface area (Å²) in [5.41, 5.74) is 3.98. The Morgan fingerprint density at radius 3 is 2.79 bits per heavy atom. The van der Waals surface area contributed by atoms with Crippen molar-refractivity contribution in [1.82, 2.24) is 19.7 Å². The van der Waals surface area contributed by atoms with Gasteiger partial charge in [0.25, 0.3) is 5.91 Å². The summed E-state index contributed by atoms with van der Waals surface area (Å²) in [5, 5.41) is 6.88. The summed E-state index contributed by atoms with van der Waals surface area (Å²) in [6, 6.07) is 14.2. The van der Waals surface area contributed by atoms with E-state index in [1.54, 1.807) is 0 Å². The number of carbonyl (C=O) groups is 1. The molecule has 0 spiro atoms. The van der Waals surface area contributed by atoms with Gasteiger partial charge in [-0.3, -0.25) is 9.89 Å². The number of amides is 1. The molecule has 1 saturated heterocycles. The van der Waals surface area contributed by atoms with Crippen LogP contribution in [0.5, 0.6) is 0 Å². The molecule has 1 aliphatic rings. The maximum atomic E-state index is 13.1. The Bertz CT molecular complexity index is 836. The first-order chi connectivity index (χ1) is 11.8. The van der Waals surface area contributed by atoms with Gasteiger partial charge in [-0.15, -0.1) is 0 Å². The van der Waals surface area contributed by atoms with Crippen molar-refractivity contribution in [1.29, 1.82) is 0 Å². The zero-order valence-electron chi connectivity index (χ0n) is 13.6. The van der Waals surface area contributed by atoms with E-state index in [-0.39, 0.29) is 11.9 Å². The van der Waals surface area contributed by atoms with Crippen molar-refractivity contribution in [2.24, 2.45) is 7.05 Å². The van der Waals surface area contributed by atoms with Gasteiger partial charge < -0.3 is 9.47 Å². The Hall–Kier alpha value is -2.82. The molecule has 1 fully saturated rings. The minimum atomic E-state index is 0.0865. The minimum absolute atomic E-state index is 0.0865. The number of H-pyrrole nitrogens is 1. The van der Waals surface area contributed by atoms with Gasteiger partial charge in [0.05, 0.1) is 12.2 Å². The number of hydrogen-bond donors (Lipinski definition) is 1. The summed E-state index contributed by atoms with van der Waals surface area (Å²) < 4.78 is 1.99. The summed E-state index contributed by atoms with van der Waals surface area (Å²) in [4.78, 5) is 15.1. The molecule has 122 valence electrons. The summed E-state index contributed by atoms with van der Waals surface area (Å²) in [7, 11) is 1.96. The largest absolute Gasteiger partial charge is 0.340 e. The van der Waals surface area contributed by atoms with Crippen molar-refractivity contribution >= 4 is 5.91 Å². The van der Waals surface area contributed by atoms with E-state index in [0.29, 0.717) is 0 Å². The topological polar surface area (TPSA) is 53.9 Å². The molecular weight excluding hydrogens is 300 g/mol. The molecule has 1 N–H and O–H groups in total. The normalized spacial score (nSPS) is 17.4. The number of benzene rings is 1. The maximum Gasteiger partial charge on any atom is 0.270 e. The average Bonchev–Trinajstić information content (AvgIpc) is 3.35. The Labute approximate surface area is 140 Å². The van der Waals surface area contributed by atoms with Crippen molar-refractivity contribution in [3.63, 3.8) is 0 Å². The van der Waals surface area contributed by atoms with Gasteiger partial charge in [0.1, 0.15) is 5.69 Å². The molecule has 1 atom stereocenters. The molecule has 0 radical (unpaired) electrons. The van der Waals surface area contributed by atoms with Crippen LogP contribution in [-0.4, -0.2) is 32.1 Å². The van der Waals surface area contributed by atoms with Crippen LogP contribution >= 0.6 is 0 Å². The Kier molecular flexibility index (Phi) is 3.69. The smallest absolute Gasteiger partial charge is 0.270 e. The first-order valence-electron chi connectivity index (χ1n) is 8.26. The quantitative estimate of drug-likeness (QED) is 0.804. The molecule has 5 heteroatoms. The predicted octanol–water partition coefficient (Wildman–Crippen LogP) is 3.39. The fourth-order valence-corrected chi connectivity index (χ4v) is 3.57. The molecule has 24 heavy (non-hydrogen) atoms. The highest BCUT2D eigenvalue weighted by atomic mass is 16.2. The zero-order valence-corrected chi connectivity index (χ0v) is 13.6. The van der Waals surface area contributed by atoms with Gasteiger partial charge in [-0.05, 0) is 30.5 Å². The SMILES string of the molecule is Cn1c(C(=O)N2CCCC2c2cn[nH]c2)ccc1-c1ccccc1. The Morgan fingerprint density at radius 1 is 1.21 bits per heavy atom. The molecule has 3 aromatic rings. The molecule has 1 aliphatic heterocycles. The van der Waals surface area contributed by atoms with Crippen molar-refractivity contribution in [2.45, 2.75) is 18.9 Å². The molecule has 1 unspecified atom stereocenters. The van der Waals surface area contributed by atoms with Crippen LogP contribution in [0.15, 0.2) is 54.9 Å². The highest BCUT2D eigenvalue weighted by Crippen LogP contribution is 2.33. The van der Waals surface area contributed by atoms with Crippen LogP contribution < -0.4 is 0 Å². The number of aromatic amines is 1. The van der Waals surface area contributed by atoms with E-state index in [0.717, 1.165) is 41.9 Å². The van der Waals surface area contributed by atoms with Gasteiger partial charge in [0.15, 0.2) is 0 Å². The van der Waals surface area contributed by atoms with E-state index in [4.69, 9.17) is 0 Å². The first-order valence-corrected chi connectivity index (χ1v) is 8.26. The molecule has 0 saturated carbocycles. The highest BCUT2D eigenvalue weighted by molar-refractivity contribution is 5.94. The van der Waals surface area contributed by atoms with Gasteiger partial charge in [-0.2, -0.15) is 5.10 Å². The average molecular weight is 320 g/mol. The van der Waals surface area contributed by atoms with E-state index in [2.05, 4.69) is 22.3 Å². The third-order valence-electron chi connectivity index (χ3n) is 4.83. The van der Waals surface area contributed by atoms with Crippen molar-refractivity contribution in [3.05, 3.63) is 66.1 Å². The molecule has 1 amide bonds. The van der Waals surface area contributed by atoms with Crippen LogP contribution in [0.1, 0.15) is 34.9 Å². The molecule has 0 bridgehead atoms. The Morgan fingerprint density at radius 2 is 2.04 bits per heavy atom. The number of likely N-dealkylation sites (tertiary alicyclic amines) is 1. The van der Waals surface area contributed by atoms with Crippen molar-refractivity contribution in [3.8, 4) is 11.3 Å². The van der Waals surface area contributed by atoms with E-state index in [1.165, 1.54) is 0 Å². The predicted molar refractivity (Wildman–Crippen MR) is 92.4 cm³/mol. The number of aromatic nitrogens is 3. The lowest BCUT2D eigenvalue weighted by Crippen LogP contribution is -2.31. The van der Waals surface area contributed by atoms with E-state index < -0.39 is 0 Å². The third kappa shape index (κ3) is 2.42. The number of carbonyl (C=O) groups excluding carboxylic acids is 1. The van der Waals surface area contributed by atoms with Gasteiger partial charge in [-0.1, -0.05) is 30.3 Å². The van der Waals surface area contributed by atoms with Gasteiger partial charge in [0, 0.05) is 31.0 Å². The van der Waals surface area contributed by atoms with Crippen molar-refractivity contribution < 1.29 is 4.79 Å². The van der Waals surface area contributed by atoms with E-state index in [1.807, 2.05) is 59.2 Å². The van der Waals surface area contributed by atoms with E-state index >= 15 is 0 Å². The zero-order chi connectivity index (χ0) is 16.5. The van der Waals surface area contributed by atoms with Crippen LogP contribution in [0.2, 0.25) is 0 Å². The second kappa shape index (κ2) is 6.00. The van der Waals surface area contributed by atoms with Gasteiger partial charge in [0.2, 0.25) is 0 Å². The van der Waals surface area contributed by atoms with Crippen LogP contribution in [-0.2, 0) is 7.05 Å². The molecule has 2 aromatic heterocycles. The van der Waals surface area contributed by atoms with Crippen LogP contribution in [0.25, 0.3) is 11.3 Å². The van der Waals surface area contributed by atoms with Crippen LogP contribution in [0.3, 0.4) is 0 Å². The summed E-state index contributed by atoms with van der Waals surface area (Å²) in [6.45, 7) is 0.792. The van der Waals surface area contributed by atoms with E-state index in [9.17, 15) is 4.79 Å². The lowest BCUT2D eigenvalue weighted by atomic mass is 10.1. The monoisotopic (exact) mass is 320 g/mol. The summed E-state index contributed by atoms with van der Waals surface area (Å²) in [5.74, 6) is 0.0865. The fraction of sp³-hybridized carbons (Fsp3) is 0.263. The van der Waals surface area contributed by atoms with Gasteiger partial charge >= 0.3 is 0 Å². The molecule has 1 aromatic carbocycles. The van der Waals surface area contributed by atoms with Crippen LogP contribution in [0, 0.1) is 0 Å². The number of nitrogens with zero attached hydrogens (tertiary/aromatic N) is 3. The number of hydrogen-bond acceptors (Lipinski definition) is 2. The standard InChI is InChI=1S/C19H20N4O/c1-22-16(14-6-3-2-4-7-14)9-10-18(22)19(24)23-11-5-8-17(23)15-12-20-21-13-15/h2-4,6-7,9-10,12-13,17H,5,8,11H2,1H3,(H,20,21). The number of nitrogens with one attached hydrogen (secondary N) is 1. The minimum Gasteiger partial charge on any atom is -0.340 e. The molecule has 4 rings (SSSR count). The third-order valence-corrected chi connectivity index (χ3v) is 4.83. The lowest BCUT2D eigenvalue weighted by Gasteiger charge is -2.24. The second-order valence-corrected chi connectivity index (χ2v) is 6.22. The molecular formula is C19H20N4O. The van der Waals surface area contributed by atoms with Gasteiger partial charge in [-0.25, -0.2) is 0 Å². The molecule has 3 heterocycles. The summed E-state index contributed by atoms with van der Waals surface area (Å²) in [6.07, 6.45) is 5.71. The maximum absolute atomic E-state index is 13.1. The molecule has 5 nitrogen and oxygen atoms in total. The van der Waals surface area contributed by atoms with Crippen molar-refractivity contribution in [2.75, 3.05) is 6.54 Å². The Balaban J connectivity index is 1.64.